The van der Waals surface area contributed by atoms with Crippen molar-refractivity contribution < 1.29 is 4.74 Å². The third-order valence-electron chi connectivity index (χ3n) is 3.13. The normalized spacial score (nSPS) is 10.7. The molecule has 0 spiro atoms. The van der Waals surface area contributed by atoms with E-state index in [1.54, 1.807) is 7.11 Å². The van der Waals surface area contributed by atoms with E-state index in [4.69, 9.17) is 4.74 Å². The summed E-state index contributed by atoms with van der Waals surface area (Å²) < 4.78 is 6.24. The maximum atomic E-state index is 5.23. The van der Waals surface area contributed by atoms with Gasteiger partial charge >= 0.3 is 0 Å². The minimum absolute atomic E-state index is 0.495. The van der Waals surface area contributed by atoms with E-state index in [0.29, 0.717) is 6.61 Å². The highest BCUT2D eigenvalue weighted by molar-refractivity contribution is 14.1. The van der Waals surface area contributed by atoms with Crippen LogP contribution in [-0.2, 0) is 17.8 Å². The SMILES string of the molecule is CNc1nc(Cc2cc(C)cc(C)c2)nc(COC)c1I. The highest BCUT2D eigenvalue weighted by Crippen LogP contribution is 2.21. The monoisotopic (exact) mass is 397 g/mol. The van der Waals surface area contributed by atoms with Gasteiger partial charge in [-0.2, -0.15) is 0 Å². The van der Waals surface area contributed by atoms with Crippen molar-refractivity contribution in [3.63, 3.8) is 0 Å². The predicted octanol–water partition coefficient (Wildman–Crippen LogP) is 3.48. The first kappa shape index (κ1) is 16.2. The van der Waals surface area contributed by atoms with E-state index in [0.717, 1.165) is 27.3 Å². The summed E-state index contributed by atoms with van der Waals surface area (Å²) in [6.45, 7) is 4.72. The fraction of sp³-hybridized carbons (Fsp3) is 0.375. The summed E-state index contributed by atoms with van der Waals surface area (Å²) in [6.07, 6.45) is 0.727. The minimum Gasteiger partial charge on any atom is -0.378 e. The summed E-state index contributed by atoms with van der Waals surface area (Å²) in [4.78, 5) is 9.24. The molecule has 0 bridgehead atoms. The van der Waals surface area contributed by atoms with Crippen molar-refractivity contribution in [2.75, 3.05) is 19.5 Å². The number of aryl methyl sites for hydroxylation is 2. The van der Waals surface area contributed by atoms with Gasteiger partial charge in [-0.05, 0) is 42.0 Å². The maximum Gasteiger partial charge on any atom is 0.143 e. The molecule has 2 rings (SSSR count). The van der Waals surface area contributed by atoms with Gasteiger partial charge < -0.3 is 10.1 Å². The highest BCUT2D eigenvalue weighted by atomic mass is 127. The fourth-order valence-corrected chi connectivity index (χ4v) is 3.04. The van der Waals surface area contributed by atoms with Crippen LogP contribution in [0.25, 0.3) is 0 Å². The third-order valence-corrected chi connectivity index (χ3v) is 4.26. The zero-order chi connectivity index (χ0) is 15.4. The summed E-state index contributed by atoms with van der Waals surface area (Å²) in [5.41, 5.74) is 4.69. The molecule has 0 atom stereocenters. The molecule has 0 aliphatic carbocycles. The van der Waals surface area contributed by atoms with E-state index in [9.17, 15) is 0 Å². The largest absolute Gasteiger partial charge is 0.378 e. The van der Waals surface area contributed by atoms with E-state index >= 15 is 0 Å². The molecular formula is C16H20IN3O. The van der Waals surface area contributed by atoms with Crippen LogP contribution in [0, 0.1) is 17.4 Å². The van der Waals surface area contributed by atoms with Crippen LogP contribution in [0.2, 0.25) is 0 Å². The number of anilines is 1. The molecule has 1 heterocycles. The van der Waals surface area contributed by atoms with Crippen molar-refractivity contribution in [2.45, 2.75) is 26.9 Å². The number of nitrogens with zero attached hydrogens (tertiary/aromatic N) is 2. The average molecular weight is 397 g/mol. The van der Waals surface area contributed by atoms with Crippen molar-refractivity contribution in [2.24, 2.45) is 0 Å². The van der Waals surface area contributed by atoms with Crippen LogP contribution in [0.5, 0.6) is 0 Å². The molecule has 5 heteroatoms. The number of methoxy groups -OCH3 is 1. The lowest BCUT2D eigenvalue weighted by molar-refractivity contribution is 0.180. The van der Waals surface area contributed by atoms with Gasteiger partial charge in [0.2, 0.25) is 0 Å². The molecular weight excluding hydrogens is 377 g/mol. The van der Waals surface area contributed by atoms with Gasteiger partial charge in [0.25, 0.3) is 0 Å². The van der Waals surface area contributed by atoms with Crippen molar-refractivity contribution >= 4 is 28.4 Å². The van der Waals surface area contributed by atoms with Gasteiger partial charge in [0, 0.05) is 20.6 Å². The molecule has 1 aromatic carbocycles. The summed E-state index contributed by atoms with van der Waals surface area (Å²) in [5, 5.41) is 3.13. The Kier molecular flexibility index (Phi) is 5.52. The first-order valence-corrected chi connectivity index (χ1v) is 7.90. The van der Waals surface area contributed by atoms with Crippen LogP contribution in [0.3, 0.4) is 0 Å². The van der Waals surface area contributed by atoms with Crippen LogP contribution in [0.1, 0.15) is 28.2 Å². The lowest BCUT2D eigenvalue weighted by Crippen LogP contribution is -2.09. The fourth-order valence-electron chi connectivity index (χ4n) is 2.38. The number of hydrogen-bond acceptors (Lipinski definition) is 4. The van der Waals surface area contributed by atoms with Crippen molar-refractivity contribution in [3.8, 4) is 0 Å². The molecule has 21 heavy (non-hydrogen) atoms. The second-order valence-electron chi connectivity index (χ2n) is 5.10. The van der Waals surface area contributed by atoms with Crippen LogP contribution in [-0.4, -0.2) is 24.1 Å². The first-order valence-electron chi connectivity index (χ1n) is 6.82. The average Bonchev–Trinajstić information content (AvgIpc) is 2.41. The second kappa shape index (κ2) is 7.17. The number of halogens is 1. The molecule has 2 aromatic rings. The molecule has 0 aliphatic rings. The van der Waals surface area contributed by atoms with Crippen molar-refractivity contribution in [1.29, 1.82) is 0 Å². The number of rotatable bonds is 5. The summed E-state index contributed by atoms with van der Waals surface area (Å²) >= 11 is 2.26. The second-order valence-corrected chi connectivity index (χ2v) is 6.18. The molecule has 0 saturated carbocycles. The number of ether oxygens (including phenoxy) is 1. The Morgan fingerprint density at radius 3 is 2.38 bits per heavy atom. The standard InChI is InChI=1S/C16H20IN3O/c1-10-5-11(2)7-12(6-10)8-14-19-13(9-21-4)15(17)16(18-3)20-14/h5-7H,8-9H2,1-4H3,(H,18,19,20). The lowest BCUT2D eigenvalue weighted by Gasteiger charge is -2.11. The van der Waals surface area contributed by atoms with Gasteiger partial charge in [0.1, 0.15) is 11.6 Å². The van der Waals surface area contributed by atoms with Crippen LogP contribution >= 0.6 is 22.6 Å². The van der Waals surface area contributed by atoms with Gasteiger partial charge in [0.15, 0.2) is 0 Å². The zero-order valence-corrected chi connectivity index (χ0v) is 15.0. The quantitative estimate of drug-likeness (QED) is 0.785. The number of benzene rings is 1. The van der Waals surface area contributed by atoms with Crippen molar-refractivity contribution in [3.05, 3.63) is 50.0 Å². The molecule has 0 amide bonds. The molecule has 0 saturated heterocycles. The van der Waals surface area contributed by atoms with Gasteiger partial charge in [-0.1, -0.05) is 29.3 Å². The predicted molar refractivity (Wildman–Crippen MR) is 93.7 cm³/mol. The Bertz CT molecular complexity index is 623. The number of aromatic nitrogens is 2. The van der Waals surface area contributed by atoms with E-state index in [1.165, 1.54) is 16.7 Å². The van der Waals surface area contributed by atoms with Gasteiger partial charge in [-0.15, -0.1) is 0 Å². The number of hydrogen-bond donors (Lipinski definition) is 1. The van der Waals surface area contributed by atoms with Crippen LogP contribution in [0.15, 0.2) is 18.2 Å². The van der Waals surface area contributed by atoms with E-state index < -0.39 is 0 Å². The zero-order valence-electron chi connectivity index (χ0n) is 12.8. The van der Waals surface area contributed by atoms with Gasteiger partial charge in [-0.25, -0.2) is 9.97 Å². The maximum absolute atomic E-state index is 5.23. The molecule has 0 unspecified atom stereocenters. The molecule has 0 radical (unpaired) electrons. The molecule has 4 nitrogen and oxygen atoms in total. The van der Waals surface area contributed by atoms with Gasteiger partial charge in [0.05, 0.1) is 15.9 Å². The smallest absolute Gasteiger partial charge is 0.143 e. The third kappa shape index (κ3) is 4.14. The Balaban J connectivity index is 2.36. The molecule has 1 aromatic heterocycles. The Hall–Kier alpha value is -1.21. The lowest BCUT2D eigenvalue weighted by atomic mass is 10.0. The summed E-state index contributed by atoms with van der Waals surface area (Å²) in [5.74, 6) is 1.67. The van der Waals surface area contributed by atoms with Gasteiger partial charge in [-0.3, -0.25) is 0 Å². The Labute approximate surface area is 139 Å². The summed E-state index contributed by atoms with van der Waals surface area (Å²) in [7, 11) is 3.56. The van der Waals surface area contributed by atoms with Crippen LogP contribution < -0.4 is 5.32 Å². The summed E-state index contributed by atoms with van der Waals surface area (Å²) in [6, 6.07) is 6.54. The topological polar surface area (TPSA) is 47.0 Å². The van der Waals surface area contributed by atoms with E-state index in [1.807, 2.05) is 7.05 Å². The molecule has 0 fully saturated rings. The highest BCUT2D eigenvalue weighted by Gasteiger charge is 2.12. The Morgan fingerprint density at radius 2 is 1.81 bits per heavy atom. The first-order chi connectivity index (χ1) is 10.0. The van der Waals surface area contributed by atoms with Crippen molar-refractivity contribution in [1.82, 2.24) is 9.97 Å². The van der Waals surface area contributed by atoms with E-state index in [2.05, 4.69) is 69.9 Å². The molecule has 1 N–H and O–H groups in total. The van der Waals surface area contributed by atoms with Crippen LogP contribution in [0.4, 0.5) is 5.82 Å². The minimum atomic E-state index is 0.495. The Morgan fingerprint density at radius 1 is 1.14 bits per heavy atom. The van der Waals surface area contributed by atoms with E-state index in [-0.39, 0.29) is 0 Å². The molecule has 0 aliphatic heterocycles. The molecule has 112 valence electrons. The number of nitrogens with one attached hydrogen (secondary N) is 1.